The summed E-state index contributed by atoms with van der Waals surface area (Å²) in [6.45, 7) is 6.10. The summed E-state index contributed by atoms with van der Waals surface area (Å²) in [4.78, 5) is 13.9. The van der Waals surface area contributed by atoms with Crippen molar-refractivity contribution in [1.29, 1.82) is 0 Å². The highest BCUT2D eigenvalue weighted by molar-refractivity contribution is 7.16. The summed E-state index contributed by atoms with van der Waals surface area (Å²) in [5.41, 5.74) is 3.07. The summed E-state index contributed by atoms with van der Waals surface area (Å²) in [7, 11) is 0. The van der Waals surface area contributed by atoms with Crippen molar-refractivity contribution in [2.75, 3.05) is 6.61 Å². The van der Waals surface area contributed by atoms with Gasteiger partial charge in [-0.05, 0) is 44.0 Å². The fourth-order valence-electron chi connectivity index (χ4n) is 1.97. The fraction of sp³-hybridized carbons (Fsp3) is 0.235. The monoisotopic (exact) mass is 286 g/mol. The fourth-order valence-corrected chi connectivity index (χ4v) is 3.15. The van der Waals surface area contributed by atoms with Crippen LogP contribution in [-0.2, 0) is 9.53 Å². The quantitative estimate of drug-likeness (QED) is 0.602. The molecule has 3 heteroatoms. The van der Waals surface area contributed by atoms with Crippen molar-refractivity contribution < 1.29 is 9.53 Å². The highest BCUT2D eigenvalue weighted by Gasteiger charge is 2.09. The number of rotatable bonds is 4. The Morgan fingerprint density at radius 2 is 2.00 bits per heavy atom. The second-order valence-corrected chi connectivity index (χ2v) is 5.66. The van der Waals surface area contributed by atoms with Crippen molar-refractivity contribution in [3.8, 4) is 10.4 Å². The Bertz CT molecular complexity index is 624. The molecule has 2 aromatic rings. The zero-order valence-corrected chi connectivity index (χ0v) is 12.8. The lowest BCUT2D eigenvalue weighted by Gasteiger charge is -2.00. The van der Waals surface area contributed by atoms with E-state index < -0.39 is 0 Å². The second-order valence-electron chi connectivity index (χ2n) is 4.57. The molecule has 1 aromatic carbocycles. The Morgan fingerprint density at radius 3 is 2.65 bits per heavy atom. The van der Waals surface area contributed by atoms with Gasteiger partial charge < -0.3 is 4.74 Å². The molecule has 1 heterocycles. The van der Waals surface area contributed by atoms with Crippen LogP contribution in [0.4, 0.5) is 0 Å². The van der Waals surface area contributed by atoms with Gasteiger partial charge in [-0.25, -0.2) is 4.79 Å². The normalized spacial score (nSPS) is 11.4. The zero-order chi connectivity index (χ0) is 14.5. The van der Waals surface area contributed by atoms with E-state index in [0.717, 1.165) is 4.88 Å². The van der Waals surface area contributed by atoms with Crippen molar-refractivity contribution in [1.82, 2.24) is 0 Å². The number of benzene rings is 1. The van der Waals surface area contributed by atoms with Gasteiger partial charge in [0.05, 0.1) is 6.61 Å². The number of carbonyl (C=O) groups excluding carboxylic acids is 1. The van der Waals surface area contributed by atoms with Crippen LogP contribution in [0.2, 0.25) is 0 Å². The number of esters is 1. The maximum Gasteiger partial charge on any atom is 0.333 e. The average Bonchev–Trinajstić information content (AvgIpc) is 2.80. The topological polar surface area (TPSA) is 26.3 Å². The SMILES string of the molecule is CCOC(=O)C(C)=Cc1cc(C)c(-c2ccccc2)s1. The van der Waals surface area contributed by atoms with Gasteiger partial charge in [0.2, 0.25) is 0 Å². The molecule has 0 aliphatic heterocycles. The van der Waals surface area contributed by atoms with Crippen LogP contribution >= 0.6 is 11.3 Å². The van der Waals surface area contributed by atoms with Gasteiger partial charge >= 0.3 is 5.97 Å². The van der Waals surface area contributed by atoms with E-state index in [0.29, 0.717) is 12.2 Å². The number of hydrogen-bond donors (Lipinski definition) is 0. The predicted molar refractivity (Wildman–Crippen MR) is 84.8 cm³/mol. The first-order chi connectivity index (χ1) is 9.61. The third kappa shape index (κ3) is 3.36. The van der Waals surface area contributed by atoms with E-state index in [9.17, 15) is 4.79 Å². The van der Waals surface area contributed by atoms with E-state index >= 15 is 0 Å². The molecule has 0 saturated carbocycles. The van der Waals surface area contributed by atoms with E-state index in [1.807, 2.05) is 31.2 Å². The minimum absolute atomic E-state index is 0.250. The molecule has 2 nitrogen and oxygen atoms in total. The van der Waals surface area contributed by atoms with E-state index in [-0.39, 0.29) is 5.97 Å². The third-order valence-corrected chi connectivity index (χ3v) is 4.16. The molecular weight excluding hydrogens is 268 g/mol. The Labute approximate surface area is 123 Å². The summed E-state index contributed by atoms with van der Waals surface area (Å²) in [5, 5.41) is 0. The molecule has 0 atom stereocenters. The molecule has 0 spiro atoms. The van der Waals surface area contributed by atoms with Crippen molar-refractivity contribution in [3.63, 3.8) is 0 Å². The maximum absolute atomic E-state index is 11.6. The largest absolute Gasteiger partial charge is 0.463 e. The predicted octanol–water partition coefficient (Wildman–Crippen LogP) is 4.69. The highest BCUT2D eigenvalue weighted by atomic mass is 32.1. The molecule has 1 aromatic heterocycles. The molecule has 0 aliphatic carbocycles. The Hall–Kier alpha value is -1.87. The van der Waals surface area contributed by atoms with Crippen LogP contribution in [0.25, 0.3) is 16.5 Å². The molecule has 0 aliphatic rings. The van der Waals surface area contributed by atoms with Gasteiger partial charge in [0.15, 0.2) is 0 Å². The van der Waals surface area contributed by atoms with Crippen LogP contribution < -0.4 is 0 Å². The van der Waals surface area contributed by atoms with Gasteiger partial charge in [0, 0.05) is 15.3 Å². The van der Waals surface area contributed by atoms with Crippen molar-refractivity contribution in [2.24, 2.45) is 0 Å². The van der Waals surface area contributed by atoms with E-state index in [1.165, 1.54) is 16.0 Å². The van der Waals surface area contributed by atoms with Crippen LogP contribution in [0.1, 0.15) is 24.3 Å². The van der Waals surface area contributed by atoms with Crippen LogP contribution in [0, 0.1) is 6.92 Å². The first-order valence-corrected chi connectivity index (χ1v) is 7.44. The molecule has 0 N–H and O–H groups in total. The second kappa shape index (κ2) is 6.53. The summed E-state index contributed by atoms with van der Waals surface area (Å²) in [6.07, 6.45) is 1.89. The van der Waals surface area contributed by atoms with Crippen molar-refractivity contribution in [3.05, 3.63) is 52.4 Å². The lowest BCUT2D eigenvalue weighted by atomic mass is 10.1. The molecule has 0 saturated heterocycles. The van der Waals surface area contributed by atoms with E-state index in [2.05, 4.69) is 25.1 Å². The molecule has 0 unspecified atom stereocenters. The molecular formula is C17H18O2S. The molecule has 0 radical (unpaired) electrons. The molecule has 0 amide bonds. The maximum atomic E-state index is 11.6. The molecule has 2 rings (SSSR count). The van der Waals surface area contributed by atoms with Crippen LogP contribution in [0.3, 0.4) is 0 Å². The van der Waals surface area contributed by atoms with E-state index in [1.54, 1.807) is 18.3 Å². The minimum Gasteiger partial charge on any atom is -0.463 e. The smallest absolute Gasteiger partial charge is 0.333 e. The van der Waals surface area contributed by atoms with Gasteiger partial charge in [-0.3, -0.25) is 0 Å². The first kappa shape index (κ1) is 14.5. The standard InChI is InChI=1S/C17H18O2S/c1-4-19-17(18)13(3)11-15-10-12(2)16(20-15)14-8-6-5-7-9-14/h5-11H,4H2,1-3H3. The first-order valence-electron chi connectivity index (χ1n) is 6.63. The molecule has 104 valence electrons. The lowest BCUT2D eigenvalue weighted by molar-refractivity contribution is -0.138. The van der Waals surface area contributed by atoms with Gasteiger partial charge in [0.25, 0.3) is 0 Å². The van der Waals surface area contributed by atoms with Crippen LogP contribution in [0.5, 0.6) is 0 Å². The summed E-state index contributed by atoms with van der Waals surface area (Å²) < 4.78 is 4.99. The lowest BCUT2D eigenvalue weighted by Crippen LogP contribution is -2.04. The number of thiophene rings is 1. The van der Waals surface area contributed by atoms with Crippen molar-refractivity contribution >= 4 is 23.4 Å². The van der Waals surface area contributed by atoms with Gasteiger partial charge in [0.1, 0.15) is 0 Å². The van der Waals surface area contributed by atoms with Crippen molar-refractivity contribution in [2.45, 2.75) is 20.8 Å². The molecule has 20 heavy (non-hydrogen) atoms. The van der Waals surface area contributed by atoms with Gasteiger partial charge in [-0.2, -0.15) is 0 Å². The zero-order valence-electron chi connectivity index (χ0n) is 12.0. The highest BCUT2D eigenvalue weighted by Crippen LogP contribution is 2.33. The average molecular weight is 286 g/mol. The Morgan fingerprint density at radius 1 is 1.30 bits per heavy atom. The Kier molecular flexibility index (Phi) is 4.74. The number of carbonyl (C=O) groups is 1. The third-order valence-electron chi connectivity index (χ3n) is 2.93. The van der Waals surface area contributed by atoms with Crippen LogP contribution in [-0.4, -0.2) is 12.6 Å². The molecule has 0 bridgehead atoms. The van der Waals surface area contributed by atoms with Gasteiger partial charge in [-0.15, -0.1) is 11.3 Å². The number of aryl methyl sites for hydroxylation is 1. The number of ether oxygens (including phenoxy) is 1. The summed E-state index contributed by atoms with van der Waals surface area (Å²) in [5.74, 6) is -0.250. The summed E-state index contributed by atoms with van der Waals surface area (Å²) >= 11 is 1.69. The Balaban J connectivity index is 2.28. The molecule has 0 fully saturated rings. The van der Waals surface area contributed by atoms with Crippen LogP contribution in [0.15, 0.2) is 42.0 Å². The summed E-state index contributed by atoms with van der Waals surface area (Å²) in [6, 6.07) is 12.4. The van der Waals surface area contributed by atoms with E-state index in [4.69, 9.17) is 4.74 Å². The minimum atomic E-state index is -0.250. The van der Waals surface area contributed by atoms with Gasteiger partial charge in [-0.1, -0.05) is 30.3 Å². The number of hydrogen-bond acceptors (Lipinski definition) is 3.